The molecule has 3 N–H and O–H groups in total. The third kappa shape index (κ3) is 5.95. The predicted molar refractivity (Wildman–Crippen MR) is 101 cm³/mol. The zero-order valence-corrected chi connectivity index (χ0v) is 16.1. The maximum Gasteiger partial charge on any atom is 0.471 e. The normalized spacial score (nSPS) is 16.5. The quantitative estimate of drug-likeness (QED) is 0.732. The fraction of sp³-hybridized carbons (Fsp3) is 0.600. The van der Waals surface area contributed by atoms with Gasteiger partial charge in [-0.3, -0.25) is 9.59 Å². The lowest BCUT2D eigenvalue weighted by Gasteiger charge is -2.35. The van der Waals surface area contributed by atoms with E-state index in [1.165, 1.54) is 6.92 Å². The topological polar surface area (TPSA) is 75.4 Å². The van der Waals surface area contributed by atoms with Crippen LogP contribution in [0.1, 0.15) is 51.0 Å². The molecule has 2 rings (SSSR count). The van der Waals surface area contributed by atoms with Crippen molar-refractivity contribution in [2.75, 3.05) is 18.4 Å². The van der Waals surface area contributed by atoms with Crippen LogP contribution in [0.15, 0.2) is 24.3 Å². The van der Waals surface area contributed by atoms with Crippen molar-refractivity contribution in [1.29, 1.82) is 0 Å². The highest BCUT2D eigenvalue weighted by atomic mass is 19.4. The highest BCUT2D eigenvalue weighted by molar-refractivity contribution is 5.91. The lowest BCUT2D eigenvalue weighted by molar-refractivity contribution is -0.185. The predicted octanol–water partition coefficient (Wildman–Crippen LogP) is 3.84. The van der Waals surface area contributed by atoms with Gasteiger partial charge in [-0.25, -0.2) is 0 Å². The Labute approximate surface area is 163 Å². The summed E-state index contributed by atoms with van der Waals surface area (Å²) in [5.41, 5.74) is 6.78. The van der Waals surface area contributed by atoms with Crippen LogP contribution >= 0.6 is 0 Å². The van der Waals surface area contributed by atoms with Gasteiger partial charge in [-0.1, -0.05) is 31.4 Å². The number of nitrogens with zero attached hydrogens (tertiary/aromatic N) is 1. The summed E-state index contributed by atoms with van der Waals surface area (Å²) in [6.07, 6.45) is 0.597. The molecule has 0 spiro atoms. The van der Waals surface area contributed by atoms with Crippen molar-refractivity contribution in [2.45, 2.75) is 58.2 Å². The molecule has 0 atom stereocenters. The summed E-state index contributed by atoms with van der Waals surface area (Å²) in [6.45, 7) is 1.72. The Balaban J connectivity index is 2.02. The second-order valence-electron chi connectivity index (χ2n) is 7.51. The van der Waals surface area contributed by atoms with Gasteiger partial charge in [0.25, 0.3) is 0 Å². The van der Waals surface area contributed by atoms with Crippen molar-refractivity contribution in [3.05, 3.63) is 29.8 Å². The molecule has 8 heteroatoms. The molecule has 0 radical (unpaired) electrons. The van der Waals surface area contributed by atoms with E-state index in [0.717, 1.165) is 37.0 Å². The molecule has 28 heavy (non-hydrogen) atoms. The number of nitrogens with one attached hydrogen (secondary N) is 1. The van der Waals surface area contributed by atoms with Gasteiger partial charge in [-0.2, -0.15) is 13.2 Å². The van der Waals surface area contributed by atoms with Crippen LogP contribution in [0.25, 0.3) is 0 Å². The molecule has 5 nitrogen and oxygen atoms in total. The number of amides is 2. The molecule has 0 aliphatic heterocycles. The molecular formula is C20H28F3N3O2. The maximum atomic E-state index is 12.7. The molecule has 1 aliphatic carbocycles. The maximum absolute atomic E-state index is 12.7. The standard InChI is InChI=1S/C20H28F3N3O2/c1-2-26(18(28)20(21,22)23)13-15-7-6-8-16(11-15)25-17(27)12-19(14-24)9-4-3-5-10-19/h6-8,11H,2-5,9-10,12-14,24H2,1H3,(H,25,27). The minimum absolute atomic E-state index is 0.0616. The van der Waals surface area contributed by atoms with Gasteiger partial charge in [0, 0.05) is 25.2 Å². The van der Waals surface area contributed by atoms with Crippen LogP contribution in [0, 0.1) is 5.41 Å². The number of hydrogen-bond acceptors (Lipinski definition) is 3. The van der Waals surface area contributed by atoms with Gasteiger partial charge < -0.3 is 16.0 Å². The zero-order chi connectivity index (χ0) is 20.8. The fourth-order valence-corrected chi connectivity index (χ4v) is 3.77. The Hall–Kier alpha value is -2.09. The minimum Gasteiger partial charge on any atom is -0.331 e. The van der Waals surface area contributed by atoms with E-state index in [0.29, 0.717) is 24.2 Å². The SMILES string of the molecule is CCN(Cc1cccc(NC(=O)CC2(CN)CCCCC2)c1)C(=O)C(F)(F)F. The number of carbonyl (C=O) groups excluding carboxylic acids is 2. The molecule has 0 bridgehead atoms. The number of nitrogens with two attached hydrogens (primary N) is 1. The summed E-state index contributed by atoms with van der Waals surface area (Å²) in [6, 6.07) is 6.56. The Morgan fingerprint density at radius 3 is 2.46 bits per heavy atom. The number of halogens is 3. The first-order chi connectivity index (χ1) is 13.2. The lowest BCUT2D eigenvalue weighted by Crippen LogP contribution is -2.40. The Bertz CT molecular complexity index is 686. The number of benzene rings is 1. The van der Waals surface area contributed by atoms with Crippen molar-refractivity contribution in [1.82, 2.24) is 4.90 Å². The van der Waals surface area contributed by atoms with Crippen LogP contribution < -0.4 is 11.1 Å². The third-order valence-corrected chi connectivity index (χ3v) is 5.38. The number of rotatable bonds is 7. The monoisotopic (exact) mass is 399 g/mol. The van der Waals surface area contributed by atoms with E-state index in [9.17, 15) is 22.8 Å². The Kier molecular flexibility index (Phi) is 7.46. The van der Waals surface area contributed by atoms with Gasteiger partial charge in [0.2, 0.25) is 5.91 Å². The number of anilines is 1. The third-order valence-electron chi connectivity index (χ3n) is 5.38. The minimum atomic E-state index is -4.90. The van der Waals surface area contributed by atoms with E-state index in [1.807, 2.05) is 0 Å². The summed E-state index contributed by atoms with van der Waals surface area (Å²) in [5.74, 6) is -2.02. The van der Waals surface area contributed by atoms with Gasteiger partial charge in [-0.05, 0) is 49.4 Å². The number of alkyl halides is 3. The molecular weight excluding hydrogens is 371 g/mol. The lowest BCUT2D eigenvalue weighted by atomic mass is 9.71. The van der Waals surface area contributed by atoms with E-state index in [-0.39, 0.29) is 24.4 Å². The second kappa shape index (κ2) is 9.41. The Morgan fingerprint density at radius 1 is 1.21 bits per heavy atom. The van der Waals surface area contributed by atoms with Crippen LogP contribution in [0.4, 0.5) is 18.9 Å². The molecule has 1 fully saturated rings. The molecule has 0 unspecified atom stereocenters. The molecule has 1 aliphatic rings. The molecule has 1 aromatic carbocycles. The number of carbonyl (C=O) groups is 2. The van der Waals surface area contributed by atoms with E-state index >= 15 is 0 Å². The van der Waals surface area contributed by atoms with Crippen molar-refractivity contribution >= 4 is 17.5 Å². The van der Waals surface area contributed by atoms with Crippen molar-refractivity contribution in [3.63, 3.8) is 0 Å². The van der Waals surface area contributed by atoms with Crippen LogP contribution in [-0.4, -0.2) is 36.0 Å². The first-order valence-corrected chi connectivity index (χ1v) is 9.64. The highest BCUT2D eigenvalue weighted by Gasteiger charge is 2.42. The fourth-order valence-electron chi connectivity index (χ4n) is 3.77. The van der Waals surface area contributed by atoms with Crippen molar-refractivity contribution in [3.8, 4) is 0 Å². The average Bonchev–Trinajstić information content (AvgIpc) is 2.65. The average molecular weight is 399 g/mol. The van der Waals surface area contributed by atoms with E-state index in [1.54, 1.807) is 24.3 Å². The van der Waals surface area contributed by atoms with Gasteiger partial charge in [0.1, 0.15) is 0 Å². The zero-order valence-electron chi connectivity index (χ0n) is 16.1. The summed E-state index contributed by atoms with van der Waals surface area (Å²) in [4.78, 5) is 24.7. The molecule has 2 amide bonds. The highest BCUT2D eigenvalue weighted by Crippen LogP contribution is 2.38. The second-order valence-corrected chi connectivity index (χ2v) is 7.51. The van der Waals surface area contributed by atoms with Crippen LogP contribution in [0.2, 0.25) is 0 Å². The summed E-state index contributed by atoms with van der Waals surface area (Å²) < 4.78 is 38.0. The molecule has 1 saturated carbocycles. The molecule has 0 aromatic heterocycles. The van der Waals surface area contributed by atoms with Crippen molar-refractivity contribution in [2.24, 2.45) is 11.1 Å². The summed E-state index contributed by atoms with van der Waals surface area (Å²) >= 11 is 0. The van der Waals surface area contributed by atoms with Crippen molar-refractivity contribution < 1.29 is 22.8 Å². The van der Waals surface area contributed by atoms with Gasteiger partial charge >= 0.3 is 12.1 Å². The van der Waals surface area contributed by atoms with Crippen LogP contribution in [-0.2, 0) is 16.1 Å². The van der Waals surface area contributed by atoms with E-state index < -0.39 is 12.1 Å². The molecule has 0 heterocycles. The summed E-state index contributed by atoms with van der Waals surface area (Å²) in [7, 11) is 0. The largest absolute Gasteiger partial charge is 0.471 e. The van der Waals surface area contributed by atoms with Gasteiger partial charge in [0.15, 0.2) is 0 Å². The smallest absolute Gasteiger partial charge is 0.331 e. The van der Waals surface area contributed by atoms with Crippen LogP contribution in [0.3, 0.4) is 0 Å². The van der Waals surface area contributed by atoms with Gasteiger partial charge in [0.05, 0.1) is 0 Å². The molecule has 1 aromatic rings. The Morgan fingerprint density at radius 2 is 1.89 bits per heavy atom. The van der Waals surface area contributed by atoms with E-state index in [4.69, 9.17) is 5.73 Å². The van der Waals surface area contributed by atoms with E-state index in [2.05, 4.69) is 5.32 Å². The van der Waals surface area contributed by atoms with Gasteiger partial charge in [-0.15, -0.1) is 0 Å². The number of hydrogen-bond donors (Lipinski definition) is 2. The first-order valence-electron chi connectivity index (χ1n) is 9.64. The van der Waals surface area contributed by atoms with Crippen LogP contribution in [0.5, 0.6) is 0 Å². The summed E-state index contributed by atoms with van der Waals surface area (Å²) in [5, 5.41) is 2.82. The molecule has 0 saturated heterocycles. The first kappa shape index (κ1) is 22.2. The molecule has 156 valence electrons.